The van der Waals surface area contributed by atoms with Crippen molar-refractivity contribution in [3.8, 4) is 0 Å². The summed E-state index contributed by atoms with van der Waals surface area (Å²) in [5, 5.41) is 5.12. The number of nitrogens with one attached hydrogen (secondary N) is 2. The zero-order chi connectivity index (χ0) is 20.2. The summed E-state index contributed by atoms with van der Waals surface area (Å²) in [6, 6.07) is 18.6. The van der Waals surface area contributed by atoms with E-state index in [0.29, 0.717) is 17.7 Å². The average Bonchev–Trinajstić information content (AvgIpc) is 3.27. The number of thiocarbonyl (C=S) groups is 1. The SMILES string of the molecule is CCc1ccc2[nH]c(=O)c(CN(C(=S)Nc3ccccc3)C3CCCC3)cc2c1. The molecule has 0 bridgehead atoms. The standard InChI is InChI=1S/C24H27N3OS/c1-2-17-12-13-22-18(14-17)15-19(23(28)26-22)16-27(21-10-6-7-11-21)24(29)25-20-8-4-3-5-9-20/h3-5,8-9,12-15,21H,2,6-7,10-11,16H2,1H3,(H,25,29)(H,26,28). The molecule has 0 unspecified atom stereocenters. The van der Waals surface area contributed by atoms with Crippen LogP contribution in [0, 0.1) is 0 Å². The molecule has 0 atom stereocenters. The highest BCUT2D eigenvalue weighted by atomic mass is 32.1. The number of aromatic nitrogens is 1. The molecule has 1 aliphatic carbocycles. The Morgan fingerprint density at radius 3 is 2.62 bits per heavy atom. The number of fused-ring (bicyclic) bond motifs is 1. The normalized spacial score (nSPS) is 14.2. The van der Waals surface area contributed by atoms with Crippen molar-refractivity contribution in [2.24, 2.45) is 0 Å². The van der Waals surface area contributed by atoms with Crippen LogP contribution in [0.5, 0.6) is 0 Å². The number of aromatic amines is 1. The fourth-order valence-corrected chi connectivity index (χ4v) is 4.45. The van der Waals surface area contributed by atoms with E-state index in [1.807, 2.05) is 42.5 Å². The summed E-state index contributed by atoms with van der Waals surface area (Å²) in [6.45, 7) is 2.66. The maximum absolute atomic E-state index is 12.8. The molecule has 0 aliphatic heterocycles. The number of rotatable bonds is 5. The smallest absolute Gasteiger partial charge is 0.253 e. The summed E-state index contributed by atoms with van der Waals surface area (Å²) < 4.78 is 0. The highest BCUT2D eigenvalue weighted by Gasteiger charge is 2.25. The minimum absolute atomic E-state index is 0.0349. The number of anilines is 1. The lowest BCUT2D eigenvalue weighted by atomic mass is 10.1. The maximum Gasteiger partial charge on any atom is 0.253 e. The second-order valence-corrected chi connectivity index (χ2v) is 8.15. The van der Waals surface area contributed by atoms with E-state index < -0.39 is 0 Å². The van der Waals surface area contributed by atoms with E-state index >= 15 is 0 Å². The topological polar surface area (TPSA) is 48.1 Å². The third-order valence-corrected chi connectivity index (χ3v) is 6.12. The van der Waals surface area contributed by atoms with Crippen molar-refractivity contribution in [2.75, 3.05) is 5.32 Å². The van der Waals surface area contributed by atoms with Crippen LogP contribution in [0.2, 0.25) is 0 Å². The first-order valence-corrected chi connectivity index (χ1v) is 10.8. The monoisotopic (exact) mass is 405 g/mol. The van der Waals surface area contributed by atoms with Crippen LogP contribution in [0.3, 0.4) is 0 Å². The van der Waals surface area contributed by atoms with E-state index in [1.54, 1.807) is 0 Å². The van der Waals surface area contributed by atoms with Crippen LogP contribution in [-0.2, 0) is 13.0 Å². The molecule has 1 heterocycles. The van der Waals surface area contributed by atoms with Crippen LogP contribution in [0.25, 0.3) is 10.9 Å². The molecule has 3 aromatic rings. The predicted molar refractivity (Wildman–Crippen MR) is 124 cm³/mol. The van der Waals surface area contributed by atoms with Crippen LogP contribution in [0.1, 0.15) is 43.7 Å². The van der Waals surface area contributed by atoms with E-state index in [9.17, 15) is 4.79 Å². The minimum atomic E-state index is -0.0349. The van der Waals surface area contributed by atoms with E-state index in [-0.39, 0.29) is 5.56 Å². The number of H-pyrrole nitrogens is 1. The van der Waals surface area contributed by atoms with Gasteiger partial charge in [-0.3, -0.25) is 4.79 Å². The lowest BCUT2D eigenvalue weighted by Crippen LogP contribution is -2.42. The van der Waals surface area contributed by atoms with Crippen molar-refractivity contribution in [2.45, 2.75) is 51.6 Å². The summed E-state index contributed by atoms with van der Waals surface area (Å²) in [6.07, 6.45) is 5.62. The predicted octanol–water partition coefficient (Wildman–Crippen LogP) is 5.23. The fourth-order valence-electron chi connectivity index (χ4n) is 4.12. The van der Waals surface area contributed by atoms with Crippen LogP contribution in [0.4, 0.5) is 5.69 Å². The van der Waals surface area contributed by atoms with E-state index in [4.69, 9.17) is 12.2 Å². The van der Waals surface area contributed by atoms with Gasteiger partial charge in [-0.1, -0.05) is 44.0 Å². The third-order valence-electron chi connectivity index (χ3n) is 5.79. The Morgan fingerprint density at radius 1 is 1.14 bits per heavy atom. The van der Waals surface area contributed by atoms with Gasteiger partial charge in [-0.15, -0.1) is 0 Å². The van der Waals surface area contributed by atoms with Crippen molar-refractivity contribution in [3.63, 3.8) is 0 Å². The van der Waals surface area contributed by atoms with Gasteiger partial charge in [-0.05, 0) is 72.8 Å². The third kappa shape index (κ3) is 4.51. The zero-order valence-corrected chi connectivity index (χ0v) is 17.6. The van der Waals surface area contributed by atoms with Gasteiger partial charge >= 0.3 is 0 Å². The molecule has 2 N–H and O–H groups in total. The largest absolute Gasteiger partial charge is 0.342 e. The second-order valence-electron chi connectivity index (χ2n) is 7.76. The molecule has 4 rings (SSSR count). The van der Waals surface area contributed by atoms with Gasteiger partial charge in [0.25, 0.3) is 5.56 Å². The molecule has 150 valence electrons. The van der Waals surface area contributed by atoms with Crippen LogP contribution >= 0.6 is 12.2 Å². The first-order chi connectivity index (χ1) is 14.1. The summed E-state index contributed by atoms with van der Waals surface area (Å²) in [5.74, 6) is 0. The molecule has 1 aromatic heterocycles. The second kappa shape index (κ2) is 8.78. The van der Waals surface area contributed by atoms with Gasteiger partial charge in [-0.25, -0.2) is 0 Å². The summed E-state index contributed by atoms with van der Waals surface area (Å²) in [5.41, 5.74) is 3.85. The van der Waals surface area contributed by atoms with Gasteiger partial charge in [0.15, 0.2) is 5.11 Å². The quantitative estimate of drug-likeness (QED) is 0.571. The number of benzene rings is 2. The van der Waals surface area contributed by atoms with Crippen molar-refractivity contribution in [1.82, 2.24) is 9.88 Å². The van der Waals surface area contributed by atoms with Gasteiger partial charge in [0, 0.05) is 22.8 Å². The van der Waals surface area contributed by atoms with E-state index in [1.165, 1.54) is 18.4 Å². The number of pyridine rings is 1. The van der Waals surface area contributed by atoms with Crippen molar-refractivity contribution >= 4 is 33.9 Å². The van der Waals surface area contributed by atoms with Crippen LogP contribution in [0.15, 0.2) is 59.4 Å². The number of hydrogen-bond acceptors (Lipinski definition) is 2. The van der Waals surface area contributed by atoms with Gasteiger partial charge in [0.1, 0.15) is 0 Å². The van der Waals surface area contributed by atoms with E-state index in [0.717, 1.165) is 41.4 Å². The van der Waals surface area contributed by atoms with Crippen LogP contribution < -0.4 is 10.9 Å². The molecule has 0 radical (unpaired) electrons. The summed E-state index contributed by atoms with van der Waals surface area (Å²) in [7, 11) is 0. The number of para-hydroxylation sites is 1. The molecule has 1 saturated carbocycles. The molecule has 2 aromatic carbocycles. The Bertz CT molecular complexity index is 1050. The average molecular weight is 406 g/mol. The lowest BCUT2D eigenvalue weighted by Gasteiger charge is -2.31. The van der Waals surface area contributed by atoms with Crippen LogP contribution in [-0.4, -0.2) is 21.0 Å². The van der Waals surface area contributed by atoms with Gasteiger partial charge < -0.3 is 15.2 Å². The molecule has 5 heteroatoms. The van der Waals surface area contributed by atoms with E-state index in [2.05, 4.69) is 34.3 Å². The number of hydrogen-bond donors (Lipinski definition) is 2. The fraction of sp³-hybridized carbons (Fsp3) is 0.333. The molecule has 0 spiro atoms. The summed E-state index contributed by atoms with van der Waals surface area (Å²) in [4.78, 5) is 18.0. The summed E-state index contributed by atoms with van der Waals surface area (Å²) >= 11 is 5.77. The molecule has 1 fully saturated rings. The molecule has 4 nitrogen and oxygen atoms in total. The Kier molecular flexibility index (Phi) is 5.95. The minimum Gasteiger partial charge on any atom is -0.342 e. The Labute approximate surface area is 176 Å². The maximum atomic E-state index is 12.8. The number of nitrogens with zero attached hydrogens (tertiary/aromatic N) is 1. The Morgan fingerprint density at radius 2 is 1.90 bits per heavy atom. The highest BCUT2D eigenvalue weighted by Crippen LogP contribution is 2.26. The Hall–Kier alpha value is -2.66. The highest BCUT2D eigenvalue weighted by molar-refractivity contribution is 7.80. The molecule has 0 amide bonds. The molecule has 0 saturated heterocycles. The first kappa shape index (κ1) is 19.6. The number of aryl methyl sites for hydroxylation is 1. The van der Waals surface area contributed by atoms with Crippen molar-refractivity contribution in [3.05, 3.63) is 76.1 Å². The molecule has 29 heavy (non-hydrogen) atoms. The Balaban J connectivity index is 1.64. The molecular formula is C24H27N3OS. The van der Waals surface area contributed by atoms with Gasteiger partial charge in [0.05, 0.1) is 6.54 Å². The van der Waals surface area contributed by atoms with Gasteiger partial charge in [-0.2, -0.15) is 0 Å². The zero-order valence-electron chi connectivity index (χ0n) is 16.8. The van der Waals surface area contributed by atoms with Crippen molar-refractivity contribution in [1.29, 1.82) is 0 Å². The van der Waals surface area contributed by atoms with Crippen molar-refractivity contribution < 1.29 is 0 Å². The molecule has 1 aliphatic rings. The first-order valence-electron chi connectivity index (χ1n) is 10.4. The molecular weight excluding hydrogens is 378 g/mol. The van der Waals surface area contributed by atoms with Gasteiger partial charge in [0.2, 0.25) is 0 Å². The lowest BCUT2D eigenvalue weighted by molar-refractivity contribution is 0.311.